The van der Waals surface area contributed by atoms with Gasteiger partial charge in [0, 0.05) is 35.1 Å². The highest BCUT2D eigenvalue weighted by molar-refractivity contribution is 8.14. The zero-order valence-corrected chi connectivity index (χ0v) is 17.5. The third kappa shape index (κ3) is 3.06. The summed E-state index contributed by atoms with van der Waals surface area (Å²) < 4.78 is 16.0. The monoisotopic (exact) mass is 406 g/mol. The minimum absolute atomic E-state index is 0.0346. The molecular formula is C23H23FN4S. The van der Waals surface area contributed by atoms with E-state index in [1.165, 1.54) is 11.6 Å². The summed E-state index contributed by atoms with van der Waals surface area (Å²) in [7, 11) is 0. The third-order valence-corrected chi connectivity index (χ3v) is 6.84. The van der Waals surface area contributed by atoms with E-state index in [-0.39, 0.29) is 17.9 Å². The van der Waals surface area contributed by atoms with Crippen LogP contribution in [0.25, 0.3) is 5.69 Å². The number of aliphatic imine (C=N–C) groups is 1. The van der Waals surface area contributed by atoms with E-state index < -0.39 is 0 Å². The maximum Gasteiger partial charge on any atom is 0.160 e. The minimum Gasteiger partial charge on any atom is -0.341 e. The number of fused-ring (bicyclic) bond motifs is 1. The molecule has 1 saturated heterocycles. The quantitative estimate of drug-likeness (QED) is 0.598. The lowest BCUT2D eigenvalue weighted by molar-refractivity contribution is 0.320. The van der Waals surface area contributed by atoms with Gasteiger partial charge in [-0.05, 0) is 55.8 Å². The molecule has 0 spiro atoms. The maximum atomic E-state index is 13.9. The van der Waals surface area contributed by atoms with Crippen LogP contribution in [0.2, 0.25) is 0 Å². The Hall–Kier alpha value is -2.60. The molecule has 2 aliphatic heterocycles. The predicted molar refractivity (Wildman–Crippen MR) is 116 cm³/mol. The number of amidine groups is 1. The standard InChI is InChI=1S/C23H23FN4S/c1-14-11-19(16(3)28(14)18-8-6-7-17(24)12-18)22-21(20-9-4-5-10-25-20)26-23-27(22)13-15(2)29-23/h4-12,15,21-22H,13H2,1-3H3/t15-,21+,22-/m1/s1. The van der Waals surface area contributed by atoms with E-state index >= 15 is 0 Å². The molecule has 3 atom stereocenters. The van der Waals surface area contributed by atoms with Crippen molar-refractivity contribution in [3.63, 3.8) is 0 Å². The van der Waals surface area contributed by atoms with Gasteiger partial charge in [-0.25, -0.2) is 4.39 Å². The van der Waals surface area contributed by atoms with E-state index in [1.54, 1.807) is 12.1 Å². The molecule has 0 amide bonds. The number of rotatable bonds is 3. The van der Waals surface area contributed by atoms with Gasteiger partial charge < -0.3 is 9.47 Å². The zero-order valence-electron chi connectivity index (χ0n) is 16.7. The summed E-state index contributed by atoms with van der Waals surface area (Å²) in [6.07, 6.45) is 1.84. The number of nitrogens with zero attached hydrogens (tertiary/aromatic N) is 4. The molecule has 0 aliphatic carbocycles. The Bertz CT molecular complexity index is 1090. The van der Waals surface area contributed by atoms with Gasteiger partial charge in [0.05, 0.1) is 11.7 Å². The Morgan fingerprint density at radius 3 is 2.72 bits per heavy atom. The molecule has 148 valence electrons. The van der Waals surface area contributed by atoms with E-state index in [9.17, 15) is 4.39 Å². The van der Waals surface area contributed by atoms with E-state index in [4.69, 9.17) is 4.99 Å². The summed E-state index contributed by atoms with van der Waals surface area (Å²) in [6.45, 7) is 7.41. The van der Waals surface area contributed by atoms with Crippen molar-refractivity contribution >= 4 is 16.9 Å². The van der Waals surface area contributed by atoms with E-state index in [1.807, 2.05) is 36.2 Å². The first-order chi connectivity index (χ1) is 14.0. The highest BCUT2D eigenvalue weighted by atomic mass is 32.2. The number of aryl methyl sites for hydroxylation is 1. The second-order valence-corrected chi connectivity index (χ2v) is 9.18. The topological polar surface area (TPSA) is 33.4 Å². The van der Waals surface area contributed by atoms with Gasteiger partial charge in [-0.15, -0.1) is 0 Å². The molecule has 2 aromatic heterocycles. The van der Waals surface area contributed by atoms with Crippen LogP contribution < -0.4 is 0 Å². The van der Waals surface area contributed by atoms with Crippen molar-refractivity contribution in [3.8, 4) is 5.69 Å². The van der Waals surface area contributed by atoms with E-state index in [0.29, 0.717) is 5.25 Å². The summed E-state index contributed by atoms with van der Waals surface area (Å²) in [5.74, 6) is -0.223. The van der Waals surface area contributed by atoms with Crippen molar-refractivity contribution in [1.29, 1.82) is 0 Å². The maximum absolute atomic E-state index is 13.9. The Labute approximate surface area is 174 Å². The van der Waals surface area contributed by atoms with Gasteiger partial charge >= 0.3 is 0 Å². The van der Waals surface area contributed by atoms with Gasteiger partial charge in [0.2, 0.25) is 0 Å². The minimum atomic E-state index is -0.223. The lowest BCUT2D eigenvalue weighted by atomic mass is 9.96. The number of pyridine rings is 1. The van der Waals surface area contributed by atoms with Crippen LogP contribution in [0, 0.1) is 19.7 Å². The second kappa shape index (κ2) is 7.02. The molecule has 0 saturated carbocycles. The molecule has 3 aromatic rings. The Morgan fingerprint density at radius 2 is 1.97 bits per heavy atom. The van der Waals surface area contributed by atoms with Gasteiger partial charge in [-0.3, -0.25) is 9.98 Å². The van der Waals surface area contributed by atoms with Crippen LogP contribution in [-0.4, -0.2) is 31.4 Å². The highest BCUT2D eigenvalue weighted by Gasteiger charge is 2.44. The smallest absolute Gasteiger partial charge is 0.160 e. The molecular weight excluding hydrogens is 383 g/mol. The van der Waals surface area contributed by atoms with Crippen molar-refractivity contribution < 1.29 is 4.39 Å². The van der Waals surface area contributed by atoms with Crippen LogP contribution in [0.4, 0.5) is 4.39 Å². The summed E-state index contributed by atoms with van der Waals surface area (Å²) in [6, 6.07) is 15.1. The lowest BCUT2D eigenvalue weighted by Gasteiger charge is -2.27. The highest BCUT2D eigenvalue weighted by Crippen LogP contribution is 2.48. The fraction of sp³-hybridized carbons (Fsp3) is 0.304. The molecule has 4 nitrogen and oxygen atoms in total. The first-order valence-electron chi connectivity index (χ1n) is 9.89. The summed E-state index contributed by atoms with van der Waals surface area (Å²) in [5.41, 5.74) is 5.29. The molecule has 0 radical (unpaired) electrons. The Balaban J connectivity index is 1.63. The molecule has 0 N–H and O–H groups in total. The summed E-state index contributed by atoms with van der Waals surface area (Å²) in [4.78, 5) is 12.1. The molecule has 6 heteroatoms. The molecule has 29 heavy (non-hydrogen) atoms. The zero-order chi connectivity index (χ0) is 20.1. The normalized spacial score (nSPS) is 23.4. The van der Waals surface area contributed by atoms with Crippen molar-refractivity contribution in [3.05, 3.63) is 83.2 Å². The third-order valence-electron chi connectivity index (χ3n) is 5.74. The van der Waals surface area contributed by atoms with E-state index in [0.717, 1.165) is 34.5 Å². The van der Waals surface area contributed by atoms with Crippen molar-refractivity contribution in [2.24, 2.45) is 4.99 Å². The predicted octanol–water partition coefficient (Wildman–Crippen LogP) is 5.22. The molecule has 0 unspecified atom stereocenters. The molecule has 5 rings (SSSR count). The fourth-order valence-electron chi connectivity index (χ4n) is 4.55. The SMILES string of the molecule is Cc1cc([C@@H]2[C@H](c3ccccn3)N=C3S[C@H](C)CN32)c(C)n1-c1cccc(F)c1. The fourth-order valence-corrected chi connectivity index (χ4v) is 5.65. The molecule has 0 bridgehead atoms. The Kier molecular flexibility index (Phi) is 4.46. The molecule has 4 heterocycles. The number of halogens is 1. The van der Waals surface area contributed by atoms with Gasteiger partial charge in [0.1, 0.15) is 11.9 Å². The van der Waals surface area contributed by atoms with Gasteiger partial charge in [-0.1, -0.05) is 30.8 Å². The largest absolute Gasteiger partial charge is 0.341 e. The van der Waals surface area contributed by atoms with Crippen molar-refractivity contribution in [1.82, 2.24) is 14.5 Å². The van der Waals surface area contributed by atoms with Crippen LogP contribution in [0.1, 0.15) is 41.7 Å². The first-order valence-corrected chi connectivity index (χ1v) is 10.8. The summed E-state index contributed by atoms with van der Waals surface area (Å²) in [5, 5.41) is 1.63. The van der Waals surface area contributed by atoms with Crippen LogP contribution in [0.3, 0.4) is 0 Å². The second-order valence-electron chi connectivity index (χ2n) is 7.78. The number of aromatic nitrogens is 2. The number of hydrogen-bond acceptors (Lipinski definition) is 4. The number of hydrogen-bond donors (Lipinski definition) is 0. The van der Waals surface area contributed by atoms with Crippen LogP contribution in [0.5, 0.6) is 0 Å². The number of thioether (sulfide) groups is 1. The summed E-state index contributed by atoms with van der Waals surface area (Å²) >= 11 is 1.84. The molecule has 2 aliphatic rings. The van der Waals surface area contributed by atoms with Crippen molar-refractivity contribution in [2.45, 2.75) is 38.1 Å². The van der Waals surface area contributed by atoms with Crippen LogP contribution in [-0.2, 0) is 0 Å². The first kappa shape index (κ1) is 18.4. The van der Waals surface area contributed by atoms with E-state index in [2.05, 4.69) is 47.4 Å². The average molecular weight is 407 g/mol. The van der Waals surface area contributed by atoms with Crippen LogP contribution >= 0.6 is 11.8 Å². The van der Waals surface area contributed by atoms with Gasteiger partial charge in [0.15, 0.2) is 5.17 Å². The number of benzene rings is 1. The van der Waals surface area contributed by atoms with Crippen molar-refractivity contribution in [2.75, 3.05) is 6.54 Å². The molecule has 1 aromatic carbocycles. The molecule has 1 fully saturated rings. The average Bonchev–Trinajstić information content (AvgIpc) is 3.32. The van der Waals surface area contributed by atoms with Crippen LogP contribution in [0.15, 0.2) is 59.7 Å². The van der Waals surface area contributed by atoms with Gasteiger partial charge in [0.25, 0.3) is 0 Å². The lowest BCUT2D eigenvalue weighted by Crippen LogP contribution is -2.28. The van der Waals surface area contributed by atoms with Gasteiger partial charge in [-0.2, -0.15) is 0 Å². The Morgan fingerprint density at radius 1 is 1.10 bits per heavy atom.